The number of hydrogen-bond donors (Lipinski definition) is 0. The summed E-state index contributed by atoms with van der Waals surface area (Å²) in [6.07, 6.45) is 0.217. The molecular weight excluding hydrogens is 328 g/mol. The third-order valence-electron chi connectivity index (χ3n) is 3.64. The molecular formula is C17H20N2O2S2. The zero-order valence-corrected chi connectivity index (χ0v) is 14.9. The number of aromatic nitrogens is 1. The Labute approximate surface area is 144 Å². The Bertz CT molecular complexity index is 650. The number of amides is 1. The van der Waals surface area contributed by atoms with Gasteiger partial charge in [0.2, 0.25) is 5.91 Å². The van der Waals surface area contributed by atoms with Crippen LogP contribution in [-0.4, -0.2) is 46.8 Å². The second kappa shape index (κ2) is 7.47. The van der Waals surface area contributed by atoms with Crippen LogP contribution in [0.15, 0.2) is 40.1 Å². The SMILES string of the molecule is C[C@@H]1CN(C(=O)CSc2nc(-c3ccccc3)cs2)C[C@@H](C)O1. The summed E-state index contributed by atoms with van der Waals surface area (Å²) >= 11 is 3.11. The maximum atomic E-state index is 12.4. The lowest BCUT2D eigenvalue weighted by Crippen LogP contribution is -2.48. The zero-order valence-electron chi connectivity index (χ0n) is 13.3. The largest absolute Gasteiger partial charge is 0.372 e. The molecule has 3 rings (SSSR count). The molecule has 1 saturated heterocycles. The van der Waals surface area contributed by atoms with E-state index in [1.54, 1.807) is 11.3 Å². The molecule has 2 atom stereocenters. The number of rotatable bonds is 4. The van der Waals surface area contributed by atoms with Crippen LogP contribution < -0.4 is 0 Å². The van der Waals surface area contributed by atoms with Crippen molar-refractivity contribution in [2.45, 2.75) is 30.4 Å². The smallest absolute Gasteiger partial charge is 0.233 e. The summed E-state index contributed by atoms with van der Waals surface area (Å²) in [5, 5.41) is 2.04. The maximum Gasteiger partial charge on any atom is 0.233 e. The van der Waals surface area contributed by atoms with Crippen molar-refractivity contribution in [1.82, 2.24) is 9.88 Å². The minimum Gasteiger partial charge on any atom is -0.372 e. The Morgan fingerprint density at radius 2 is 2.00 bits per heavy atom. The summed E-state index contributed by atoms with van der Waals surface area (Å²) < 4.78 is 6.61. The van der Waals surface area contributed by atoms with E-state index < -0.39 is 0 Å². The molecule has 4 nitrogen and oxygen atoms in total. The van der Waals surface area contributed by atoms with Crippen molar-refractivity contribution in [1.29, 1.82) is 0 Å². The minimum atomic E-state index is 0.109. The molecule has 2 aromatic rings. The number of nitrogens with zero attached hydrogens (tertiary/aromatic N) is 2. The van der Waals surface area contributed by atoms with Crippen LogP contribution in [0.25, 0.3) is 11.3 Å². The molecule has 0 spiro atoms. The highest BCUT2D eigenvalue weighted by atomic mass is 32.2. The monoisotopic (exact) mass is 348 g/mol. The number of hydrogen-bond acceptors (Lipinski definition) is 5. The van der Waals surface area contributed by atoms with Crippen LogP contribution in [0.5, 0.6) is 0 Å². The van der Waals surface area contributed by atoms with Crippen LogP contribution in [0.4, 0.5) is 0 Å². The Balaban J connectivity index is 1.56. The Morgan fingerprint density at radius 3 is 2.70 bits per heavy atom. The normalized spacial score (nSPS) is 21.4. The van der Waals surface area contributed by atoms with Gasteiger partial charge in [0.15, 0.2) is 4.34 Å². The molecule has 1 aliphatic heterocycles. The Kier molecular flexibility index (Phi) is 5.35. The second-order valence-electron chi connectivity index (χ2n) is 5.71. The predicted octanol–water partition coefficient (Wildman–Crippen LogP) is 3.54. The molecule has 0 saturated carbocycles. The first-order chi connectivity index (χ1) is 11.1. The summed E-state index contributed by atoms with van der Waals surface area (Å²) in [5.41, 5.74) is 2.08. The number of ether oxygens (including phenoxy) is 1. The van der Waals surface area contributed by atoms with E-state index in [1.165, 1.54) is 11.8 Å². The van der Waals surface area contributed by atoms with Crippen LogP contribution in [0.2, 0.25) is 0 Å². The van der Waals surface area contributed by atoms with E-state index in [4.69, 9.17) is 4.74 Å². The van der Waals surface area contributed by atoms with Crippen molar-refractivity contribution >= 4 is 29.0 Å². The van der Waals surface area contributed by atoms with Crippen molar-refractivity contribution in [2.75, 3.05) is 18.8 Å². The van der Waals surface area contributed by atoms with Crippen molar-refractivity contribution in [3.05, 3.63) is 35.7 Å². The van der Waals surface area contributed by atoms with Crippen LogP contribution in [0.1, 0.15) is 13.8 Å². The van der Waals surface area contributed by atoms with Crippen molar-refractivity contribution in [3.63, 3.8) is 0 Å². The number of carbonyl (C=O) groups is 1. The molecule has 1 aromatic heterocycles. The van der Waals surface area contributed by atoms with Crippen molar-refractivity contribution < 1.29 is 9.53 Å². The topological polar surface area (TPSA) is 42.4 Å². The van der Waals surface area contributed by atoms with Gasteiger partial charge in [0.25, 0.3) is 0 Å². The fourth-order valence-corrected chi connectivity index (χ4v) is 4.40. The minimum absolute atomic E-state index is 0.109. The van der Waals surface area contributed by atoms with Gasteiger partial charge in [-0.15, -0.1) is 11.3 Å². The molecule has 0 aliphatic carbocycles. The van der Waals surface area contributed by atoms with E-state index in [9.17, 15) is 4.79 Å². The van der Waals surface area contributed by atoms with Gasteiger partial charge in [0.1, 0.15) is 0 Å². The van der Waals surface area contributed by atoms with Gasteiger partial charge >= 0.3 is 0 Å². The number of morpholine rings is 1. The molecule has 2 heterocycles. The fraction of sp³-hybridized carbons (Fsp3) is 0.412. The lowest BCUT2D eigenvalue weighted by Gasteiger charge is -2.35. The summed E-state index contributed by atoms with van der Waals surface area (Å²) in [5.74, 6) is 0.592. The standard InChI is InChI=1S/C17H20N2O2S2/c1-12-8-19(9-13(2)21-12)16(20)11-23-17-18-15(10-22-17)14-6-4-3-5-7-14/h3-7,10,12-13H,8-9,11H2,1-2H3/t12-,13-/m1/s1. The molecule has 1 aromatic carbocycles. The van der Waals surface area contributed by atoms with Crippen molar-refractivity contribution in [3.8, 4) is 11.3 Å². The zero-order chi connectivity index (χ0) is 16.2. The van der Waals surface area contributed by atoms with Gasteiger partial charge < -0.3 is 9.64 Å². The summed E-state index contributed by atoms with van der Waals surface area (Å²) in [4.78, 5) is 18.9. The van der Waals surface area contributed by atoms with E-state index in [0.717, 1.165) is 15.6 Å². The first-order valence-corrected chi connectivity index (χ1v) is 9.55. The molecule has 0 unspecified atom stereocenters. The predicted molar refractivity (Wildman–Crippen MR) is 94.9 cm³/mol. The molecule has 1 amide bonds. The molecule has 0 N–H and O–H groups in total. The van der Waals surface area contributed by atoms with E-state index >= 15 is 0 Å². The summed E-state index contributed by atoms with van der Waals surface area (Å²) in [6, 6.07) is 10.1. The highest BCUT2D eigenvalue weighted by Crippen LogP contribution is 2.28. The van der Waals surface area contributed by atoms with Gasteiger partial charge in [0, 0.05) is 24.0 Å². The third kappa shape index (κ3) is 4.34. The molecule has 6 heteroatoms. The first-order valence-electron chi connectivity index (χ1n) is 7.69. The van der Waals surface area contributed by atoms with Crippen molar-refractivity contribution in [2.24, 2.45) is 0 Å². The second-order valence-corrected chi connectivity index (χ2v) is 7.79. The first kappa shape index (κ1) is 16.5. The van der Waals surface area contributed by atoms with Gasteiger partial charge in [-0.3, -0.25) is 4.79 Å². The quantitative estimate of drug-likeness (QED) is 0.793. The number of carbonyl (C=O) groups excluding carboxylic acids is 1. The van der Waals surface area contributed by atoms with Gasteiger partial charge in [-0.1, -0.05) is 42.1 Å². The fourth-order valence-electron chi connectivity index (χ4n) is 2.66. The van der Waals surface area contributed by atoms with Crippen LogP contribution in [0, 0.1) is 0 Å². The highest BCUT2D eigenvalue weighted by molar-refractivity contribution is 8.01. The van der Waals surface area contributed by atoms with Crippen LogP contribution in [0.3, 0.4) is 0 Å². The molecule has 122 valence electrons. The lowest BCUT2D eigenvalue weighted by molar-refractivity contribution is -0.140. The maximum absolute atomic E-state index is 12.4. The average molecular weight is 348 g/mol. The van der Waals surface area contributed by atoms with Crippen LogP contribution >= 0.6 is 23.1 Å². The van der Waals surface area contributed by atoms with E-state index in [-0.39, 0.29) is 18.1 Å². The third-order valence-corrected chi connectivity index (χ3v) is 5.65. The van der Waals surface area contributed by atoms with Gasteiger partial charge in [-0.2, -0.15) is 0 Å². The molecule has 1 fully saturated rings. The Hall–Kier alpha value is -1.37. The number of thiazole rings is 1. The molecule has 0 bridgehead atoms. The van der Waals surface area contributed by atoms with Gasteiger partial charge in [0.05, 0.1) is 23.7 Å². The average Bonchev–Trinajstić information content (AvgIpc) is 3.01. The number of thioether (sulfide) groups is 1. The number of benzene rings is 1. The highest BCUT2D eigenvalue weighted by Gasteiger charge is 2.25. The van der Waals surface area contributed by atoms with E-state index in [2.05, 4.69) is 4.98 Å². The van der Waals surface area contributed by atoms with Gasteiger partial charge in [-0.25, -0.2) is 4.98 Å². The van der Waals surface area contributed by atoms with E-state index in [0.29, 0.717) is 18.8 Å². The molecule has 23 heavy (non-hydrogen) atoms. The summed E-state index contributed by atoms with van der Waals surface area (Å²) in [6.45, 7) is 5.37. The Morgan fingerprint density at radius 1 is 1.30 bits per heavy atom. The van der Waals surface area contributed by atoms with Crippen LogP contribution in [-0.2, 0) is 9.53 Å². The molecule has 0 radical (unpaired) electrons. The summed E-state index contributed by atoms with van der Waals surface area (Å²) in [7, 11) is 0. The van der Waals surface area contributed by atoms with E-state index in [1.807, 2.05) is 54.5 Å². The molecule has 1 aliphatic rings. The van der Waals surface area contributed by atoms with Gasteiger partial charge in [-0.05, 0) is 13.8 Å². The lowest BCUT2D eigenvalue weighted by atomic mass is 10.2.